The van der Waals surface area contributed by atoms with Gasteiger partial charge in [0.2, 0.25) is 0 Å². The van der Waals surface area contributed by atoms with Crippen molar-refractivity contribution in [3.8, 4) is 0 Å². The van der Waals surface area contributed by atoms with Gasteiger partial charge in [-0.3, -0.25) is 0 Å². The number of hydrogen-bond donors (Lipinski definition) is 0. The van der Waals surface area contributed by atoms with Crippen LogP contribution in [-0.4, -0.2) is 50.0 Å². The Bertz CT molecular complexity index is 599. The Morgan fingerprint density at radius 2 is 1.94 bits per heavy atom. The number of aldehydes is 1. The average molecular weight is 469 g/mol. The summed E-state index contributed by atoms with van der Waals surface area (Å²) in [5.41, 5.74) is -1.42. The van der Waals surface area contributed by atoms with E-state index < -0.39 is 17.6 Å². The Morgan fingerprint density at radius 3 is 2.61 bits per heavy atom. The van der Waals surface area contributed by atoms with E-state index in [4.69, 9.17) is 18.9 Å². The molecule has 0 amide bonds. The van der Waals surface area contributed by atoms with Crippen molar-refractivity contribution in [3.05, 3.63) is 12.2 Å². The van der Waals surface area contributed by atoms with Gasteiger partial charge in [-0.25, -0.2) is 4.39 Å². The van der Waals surface area contributed by atoms with Crippen LogP contribution in [0.1, 0.15) is 97.3 Å². The molecule has 0 bridgehead atoms. The molecular weight excluding hydrogens is 423 g/mol. The molecular formula is C27H45FO5. The predicted molar refractivity (Wildman–Crippen MR) is 127 cm³/mol. The summed E-state index contributed by atoms with van der Waals surface area (Å²) in [4.78, 5) is 11.1. The number of carbonyl (C=O) groups is 1. The lowest BCUT2D eigenvalue weighted by molar-refractivity contribution is -0.204. The predicted octanol–water partition coefficient (Wildman–Crippen LogP) is 6.29. The smallest absolute Gasteiger partial charge is 0.171 e. The first-order valence-electron chi connectivity index (χ1n) is 13.4. The summed E-state index contributed by atoms with van der Waals surface area (Å²) in [5.74, 6) is -0.297. The molecule has 3 aliphatic rings. The van der Waals surface area contributed by atoms with Crippen LogP contribution in [0.4, 0.5) is 4.39 Å². The molecule has 2 saturated heterocycles. The van der Waals surface area contributed by atoms with Crippen molar-refractivity contribution in [2.24, 2.45) is 11.8 Å². The summed E-state index contributed by atoms with van der Waals surface area (Å²) < 4.78 is 40.5. The minimum atomic E-state index is -1.42. The third kappa shape index (κ3) is 7.09. The van der Waals surface area contributed by atoms with Gasteiger partial charge in [0.05, 0.1) is 13.2 Å². The molecule has 0 aromatic heterocycles. The Morgan fingerprint density at radius 1 is 1.12 bits per heavy atom. The van der Waals surface area contributed by atoms with Gasteiger partial charge in [0.25, 0.3) is 0 Å². The maximum absolute atomic E-state index is 16.3. The number of allylic oxidation sites excluding steroid dienone is 1. The van der Waals surface area contributed by atoms with Gasteiger partial charge in [-0.2, -0.15) is 0 Å². The van der Waals surface area contributed by atoms with E-state index in [1.165, 1.54) is 0 Å². The fourth-order valence-electron chi connectivity index (χ4n) is 5.75. The molecule has 1 spiro atoms. The van der Waals surface area contributed by atoms with Crippen LogP contribution < -0.4 is 0 Å². The highest BCUT2D eigenvalue weighted by atomic mass is 19.1. The van der Waals surface area contributed by atoms with Crippen LogP contribution in [0.3, 0.4) is 0 Å². The van der Waals surface area contributed by atoms with Crippen molar-refractivity contribution in [3.63, 3.8) is 0 Å². The van der Waals surface area contributed by atoms with E-state index in [1.54, 1.807) is 0 Å². The standard InChI is InChI=1S/C27H45FO5/c1-3-5-6-8-16-26(28,4-2)24(33-25-12-7-9-19-30-25)14-13-22-15-17-27(31-20-21-32-27)23(22)11-10-18-29/h13-14,18,22-25H,3-12,15-17,19-21H2,1-2H3. The van der Waals surface area contributed by atoms with Gasteiger partial charge in [0, 0.05) is 25.4 Å². The Balaban J connectivity index is 1.74. The fourth-order valence-corrected chi connectivity index (χ4v) is 5.75. The summed E-state index contributed by atoms with van der Waals surface area (Å²) in [5, 5.41) is 0. The molecule has 5 nitrogen and oxygen atoms in total. The monoisotopic (exact) mass is 468 g/mol. The molecule has 190 valence electrons. The SMILES string of the molecule is CCCCCCC(F)(CC)C(C=CC1CCC2(OCCO2)C1CCC=O)OC1CCCCO1. The number of ether oxygens (including phenoxy) is 4. The van der Waals surface area contributed by atoms with Crippen LogP contribution in [0.15, 0.2) is 12.2 Å². The second-order valence-electron chi connectivity index (χ2n) is 10.00. The van der Waals surface area contributed by atoms with Crippen molar-refractivity contribution >= 4 is 6.29 Å². The molecule has 1 saturated carbocycles. The number of halogens is 1. The van der Waals surface area contributed by atoms with Gasteiger partial charge < -0.3 is 23.7 Å². The van der Waals surface area contributed by atoms with Gasteiger partial charge in [-0.1, -0.05) is 51.7 Å². The summed E-state index contributed by atoms with van der Waals surface area (Å²) in [7, 11) is 0. The molecule has 1 aliphatic carbocycles. The third-order valence-corrected chi connectivity index (χ3v) is 7.79. The van der Waals surface area contributed by atoms with Gasteiger partial charge in [-0.05, 0) is 50.9 Å². The number of carbonyl (C=O) groups excluding carboxylic acids is 1. The van der Waals surface area contributed by atoms with E-state index in [2.05, 4.69) is 13.0 Å². The first-order valence-corrected chi connectivity index (χ1v) is 13.4. The van der Waals surface area contributed by atoms with Gasteiger partial charge in [0.1, 0.15) is 18.1 Å². The number of hydrogen-bond acceptors (Lipinski definition) is 5. The number of alkyl halides is 1. The molecule has 5 unspecified atom stereocenters. The van der Waals surface area contributed by atoms with E-state index in [1.807, 2.05) is 13.0 Å². The zero-order valence-corrected chi connectivity index (χ0v) is 20.8. The van der Waals surface area contributed by atoms with E-state index in [0.717, 1.165) is 70.5 Å². The van der Waals surface area contributed by atoms with Crippen molar-refractivity contribution in [2.75, 3.05) is 19.8 Å². The van der Waals surface area contributed by atoms with Gasteiger partial charge in [0.15, 0.2) is 12.1 Å². The van der Waals surface area contributed by atoms with E-state index in [9.17, 15) is 4.79 Å². The zero-order valence-electron chi connectivity index (χ0n) is 20.8. The maximum Gasteiger partial charge on any atom is 0.171 e. The summed E-state index contributed by atoms with van der Waals surface area (Å²) in [6, 6.07) is 0. The maximum atomic E-state index is 16.3. The summed E-state index contributed by atoms with van der Waals surface area (Å²) in [6.07, 6.45) is 15.0. The molecule has 0 aromatic rings. The summed E-state index contributed by atoms with van der Waals surface area (Å²) in [6.45, 7) is 5.96. The molecule has 0 radical (unpaired) electrons. The fraction of sp³-hybridized carbons (Fsp3) is 0.889. The van der Waals surface area contributed by atoms with Crippen LogP contribution in [-0.2, 0) is 23.7 Å². The molecule has 5 atom stereocenters. The minimum absolute atomic E-state index is 0.105. The Hall–Kier alpha value is -0.820. The quantitative estimate of drug-likeness (QED) is 0.170. The minimum Gasteiger partial charge on any atom is -0.353 e. The Labute approximate surface area is 199 Å². The lowest BCUT2D eigenvalue weighted by Crippen LogP contribution is -2.42. The first kappa shape index (κ1) is 26.8. The van der Waals surface area contributed by atoms with Crippen molar-refractivity contribution < 1.29 is 28.1 Å². The van der Waals surface area contributed by atoms with Crippen LogP contribution in [0.5, 0.6) is 0 Å². The Kier molecular flexibility index (Phi) is 10.8. The van der Waals surface area contributed by atoms with Crippen LogP contribution in [0, 0.1) is 11.8 Å². The lowest BCUT2D eigenvalue weighted by atomic mass is 9.85. The first-order chi connectivity index (χ1) is 16.1. The molecule has 33 heavy (non-hydrogen) atoms. The van der Waals surface area contributed by atoms with Crippen molar-refractivity contribution in [1.29, 1.82) is 0 Å². The largest absolute Gasteiger partial charge is 0.353 e. The van der Waals surface area contributed by atoms with E-state index in [-0.39, 0.29) is 18.1 Å². The normalized spacial score (nSPS) is 30.1. The second kappa shape index (κ2) is 13.3. The molecule has 0 aromatic carbocycles. The van der Waals surface area contributed by atoms with Gasteiger partial charge in [-0.15, -0.1) is 0 Å². The van der Waals surface area contributed by atoms with Crippen LogP contribution in [0.2, 0.25) is 0 Å². The van der Waals surface area contributed by atoms with Crippen LogP contribution in [0.25, 0.3) is 0 Å². The average Bonchev–Trinajstić information content (AvgIpc) is 3.45. The molecule has 2 aliphatic heterocycles. The topological polar surface area (TPSA) is 54.0 Å². The van der Waals surface area contributed by atoms with Crippen molar-refractivity contribution in [1.82, 2.24) is 0 Å². The lowest BCUT2D eigenvalue weighted by Gasteiger charge is -2.35. The van der Waals surface area contributed by atoms with Gasteiger partial charge >= 0.3 is 0 Å². The van der Waals surface area contributed by atoms with E-state index >= 15 is 4.39 Å². The molecule has 3 fully saturated rings. The van der Waals surface area contributed by atoms with Crippen LogP contribution >= 0.6 is 0 Å². The molecule has 2 heterocycles. The molecule has 6 heteroatoms. The summed E-state index contributed by atoms with van der Waals surface area (Å²) >= 11 is 0. The van der Waals surface area contributed by atoms with Crippen molar-refractivity contribution in [2.45, 2.75) is 121 Å². The third-order valence-electron chi connectivity index (χ3n) is 7.79. The molecule has 3 rings (SSSR count). The highest BCUT2D eigenvalue weighted by Crippen LogP contribution is 2.48. The number of unbranched alkanes of at least 4 members (excludes halogenated alkanes) is 3. The number of rotatable bonds is 14. The zero-order chi connectivity index (χ0) is 23.6. The second-order valence-corrected chi connectivity index (χ2v) is 10.00. The van der Waals surface area contributed by atoms with E-state index in [0.29, 0.717) is 39.1 Å². The highest BCUT2D eigenvalue weighted by molar-refractivity contribution is 5.49. The highest BCUT2D eigenvalue weighted by Gasteiger charge is 2.51. The molecule has 0 N–H and O–H groups in total.